The Morgan fingerprint density at radius 2 is 2.29 bits per heavy atom. The minimum absolute atomic E-state index is 0.0383. The van der Waals surface area contributed by atoms with Crippen LogP contribution in [-0.4, -0.2) is 38.6 Å². The Balaban J connectivity index is 2.34. The molecule has 2 rings (SSSR count). The second-order valence-electron chi connectivity index (χ2n) is 3.76. The molecule has 2 heterocycles. The van der Waals surface area contributed by atoms with Gasteiger partial charge in [0.2, 0.25) is 5.82 Å². The highest BCUT2D eigenvalue weighted by Crippen LogP contribution is 2.26. The van der Waals surface area contributed by atoms with E-state index in [9.17, 15) is 19.1 Å². The van der Waals surface area contributed by atoms with Gasteiger partial charge in [0.05, 0.1) is 18.9 Å². The molecule has 0 aliphatic carbocycles. The molecule has 1 aromatic rings. The first-order valence-corrected chi connectivity index (χ1v) is 4.98. The Hall–Kier alpha value is -1.51. The number of aromatic amines is 1. The van der Waals surface area contributed by atoms with Gasteiger partial charge in [-0.1, -0.05) is 0 Å². The molecule has 0 saturated carbocycles. The lowest BCUT2D eigenvalue weighted by atomic mass is 10.2. The van der Waals surface area contributed by atoms with Gasteiger partial charge in [-0.3, -0.25) is 14.3 Å². The topological polar surface area (TPSA) is 105 Å². The molecule has 1 aliphatic heterocycles. The fourth-order valence-corrected chi connectivity index (χ4v) is 1.72. The number of aliphatic hydroxyl groups is 2. The van der Waals surface area contributed by atoms with Crippen molar-refractivity contribution in [1.29, 1.82) is 0 Å². The monoisotopic (exact) mass is 246 g/mol. The average Bonchev–Trinajstić information content (AvgIpc) is 2.65. The zero-order valence-corrected chi connectivity index (χ0v) is 8.67. The number of nitrogens with zero attached hydrogens (tertiary/aromatic N) is 1. The average molecular weight is 246 g/mol. The van der Waals surface area contributed by atoms with Gasteiger partial charge in [-0.05, 0) is 0 Å². The van der Waals surface area contributed by atoms with Crippen LogP contribution in [0.2, 0.25) is 0 Å². The number of aromatic nitrogens is 2. The van der Waals surface area contributed by atoms with Gasteiger partial charge in [0, 0.05) is 6.42 Å². The zero-order chi connectivity index (χ0) is 12.6. The standard InChI is InChI=1S/C9H11FN2O5/c10-4-2-12(9(16)11-8(4)15)7-1-5(14)6(3-13)17-7/h2,5-7,13-14H,1,3H2,(H,11,15,16)/t5?,6?,7-/m1/s1. The maximum Gasteiger partial charge on any atom is 0.330 e. The van der Waals surface area contributed by atoms with Gasteiger partial charge in [0.1, 0.15) is 12.3 Å². The van der Waals surface area contributed by atoms with Gasteiger partial charge in [-0.2, -0.15) is 4.39 Å². The highest BCUT2D eigenvalue weighted by atomic mass is 19.1. The summed E-state index contributed by atoms with van der Waals surface area (Å²) in [5.74, 6) is -1.12. The number of H-pyrrole nitrogens is 1. The lowest BCUT2D eigenvalue weighted by Gasteiger charge is -2.13. The Morgan fingerprint density at radius 1 is 1.59 bits per heavy atom. The summed E-state index contributed by atoms with van der Waals surface area (Å²) in [6.07, 6.45) is -1.90. The lowest BCUT2D eigenvalue weighted by Crippen LogP contribution is -2.34. The molecule has 17 heavy (non-hydrogen) atoms. The molecule has 0 aromatic carbocycles. The Kier molecular flexibility index (Phi) is 3.09. The van der Waals surface area contributed by atoms with E-state index in [-0.39, 0.29) is 6.42 Å². The van der Waals surface area contributed by atoms with Crippen LogP contribution in [0.3, 0.4) is 0 Å². The number of ether oxygens (including phenoxy) is 1. The Labute approximate surface area is 94.1 Å². The number of hydrogen-bond acceptors (Lipinski definition) is 5. The van der Waals surface area contributed by atoms with Crippen LogP contribution in [0.1, 0.15) is 12.6 Å². The third-order valence-electron chi connectivity index (χ3n) is 2.62. The van der Waals surface area contributed by atoms with E-state index in [1.165, 1.54) is 0 Å². The van der Waals surface area contributed by atoms with Crippen molar-refractivity contribution in [2.75, 3.05) is 6.61 Å². The largest absolute Gasteiger partial charge is 0.394 e. The molecule has 3 N–H and O–H groups in total. The lowest BCUT2D eigenvalue weighted by molar-refractivity contribution is -0.0462. The van der Waals surface area contributed by atoms with Gasteiger partial charge in [0.25, 0.3) is 5.56 Å². The summed E-state index contributed by atoms with van der Waals surface area (Å²) >= 11 is 0. The number of rotatable bonds is 2. The maximum atomic E-state index is 13.0. The quantitative estimate of drug-likeness (QED) is 0.578. The summed E-state index contributed by atoms with van der Waals surface area (Å²) in [7, 11) is 0. The highest BCUT2D eigenvalue weighted by Gasteiger charge is 2.35. The van der Waals surface area contributed by atoms with Crippen molar-refractivity contribution in [3.05, 3.63) is 32.9 Å². The van der Waals surface area contributed by atoms with E-state index in [4.69, 9.17) is 9.84 Å². The van der Waals surface area contributed by atoms with Crippen LogP contribution in [-0.2, 0) is 4.74 Å². The first kappa shape index (κ1) is 12.0. The molecule has 1 fully saturated rings. The van der Waals surface area contributed by atoms with Crippen LogP contribution in [0.4, 0.5) is 4.39 Å². The molecule has 1 saturated heterocycles. The predicted octanol–water partition coefficient (Wildman–Crippen LogP) is -1.68. The smallest absolute Gasteiger partial charge is 0.330 e. The van der Waals surface area contributed by atoms with Gasteiger partial charge >= 0.3 is 5.69 Å². The van der Waals surface area contributed by atoms with Gasteiger partial charge in [0.15, 0.2) is 0 Å². The second-order valence-corrected chi connectivity index (χ2v) is 3.76. The van der Waals surface area contributed by atoms with Gasteiger partial charge in [-0.25, -0.2) is 4.79 Å². The normalized spacial score (nSPS) is 28.5. The fraction of sp³-hybridized carbons (Fsp3) is 0.556. The van der Waals surface area contributed by atoms with E-state index in [1.54, 1.807) is 4.98 Å². The number of halogens is 1. The highest BCUT2D eigenvalue weighted by molar-refractivity contribution is 4.90. The van der Waals surface area contributed by atoms with Gasteiger partial charge in [-0.15, -0.1) is 0 Å². The van der Waals surface area contributed by atoms with E-state index >= 15 is 0 Å². The Bertz CT molecular complexity index is 525. The van der Waals surface area contributed by atoms with Crippen molar-refractivity contribution in [2.45, 2.75) is 24.9 Å². The van der Waals surface area contributed by atoms with Crippen LogP contribution >= 0.6 is 0 Å². The first-order valence-electron chi connectivity index (χ1n) is 4.98. The molecule has 0 spiro atoms. The van der Waals surface area contributed by atoms with E-state index in [0.717, 1.165) is 10.8 Å². The number of aliphatic hydroxyl groups excluding tert-OH is 2. The molecule has 0 bridgehead atoms. The van der Waals surface area contributed by atoms with Crippen LogP contribution in [0, 0.1) is 5.82 Å². The van der Waals surface area contributed by atoms with Crippen LogP contribution in [0.25, 0.3) is 0 Å². The molecule has 2 unspecified atom stereocenters. The van der Waals surface area contributed by atoms with Crippen LogP contribution in [0.15, 0.2) is 15.8 Å². The van der Waals surface area contributed by atoms with Crippen molar-refractivity contribution in [1.82, 2.24) is 9.55 Å². The SMILES string of the molecule is O=c1[nH]c(=O)n([C@H]2CC(O)C(CO)O2)cc1F. The molecular weight excluding hydrogens is 235 g/mol. The summed E-state index contributed by atoms with van der Waals surface area (Å²) < 4.78 is 19.0. The third-order valence-corrected chi connectivity index (χ3v) is 2.62. The van der Waals surface area contributed by atoms with Crippen molar-refractivity contribution in [3.8, 4) is 0 Å². The summed E-state index contributed by atoms with van der Waals surface area (Å²) in [5, 5.41) is 18.3. The van der Waals surface area contributed by atoms with E-state index < -0.39 is 42.1 Å². The van der Waals surface area contributed by atoms with E-state index in [0.29, 0.717) is 0 Å². The zero-order valence-electron chi connectivity index (χ0n) is 8.67. The number of hydrogen-bond donors (Lipinski definition) is 3. The summed E-state index contributed by atoms with van der Waals surface area (Å²) in [4.78, 5) is 24.0. The maximum absolute atomic E-state index is 13.0. The molecule has 1 aromatic heterocycles. The van der Waals surface area contributed by atoms with E-state index in [2.05, 4.69) is 0 Å². The minimum Gasteiger partial charge on any atom is -0.394 e. The molecule has 3 atom stereocenters. The second kappa shape index (κ2) is 4.40. The minimum atomic E-state index is -1.12. The summed E-state index contributed by atoms with van der Waals surface area (Å²) in [6.45, 7) is -0.405. The predicted molar refractivity (Wildman–Crippen MR) is 52.9 cm³/mol. The summed E-state index contributed by atoms with van der Waals surface area (Å²) in [5.41, 5.74) is -1.93. The molecule has 94 valence electrons. The van der Waals surface area contributed by atoms with Crippen molar-refractivity contribution in [2.24, 2.45) is 0 Å². The molecule has 0 amide bonds. The van der Waals surface area contributed by atoms with Crippen molar-refractivity contribution in [3.63, 3.8) is 0 Å². The third kappa shape index (κ3) is 2.14. The molecule has 1 aliphatic rings. The van der Waals surface area contributed by atoms with Gasteiger partial charge < -0.3 is 14.9 Å². The summed E-state index contributed by atoms with van der Waals surface area (Å²) in [6, 6.07) is 0. The number of nitrogens with one attached hydrogen (secondary N) is 1. The molecule has 7 nitrogen and oxygen atoms in total. The Morgan fingerprint density at radius 3 is 2.88 bits per heavy atom. The van der Waals surface area contributed by atoms with Crippen LogP contribution < -0.4 is 11.2 Å². The molecule has 0 radical (unpaired) electrons. The van der Waals surface area contributed by atoms with Crippen LogP contribution in [0.5, 0.6) is 0 Å². The van der Waals surface area contributed by atoms with E-state index in [1.807, 2.05) is 0 Å². The van der Waals surface area contributed by atoms with Crippen molar-refractivity contribution >= 4 is 0 Å². The molecular formula is C9H11FN2O5. The first-order chi connectivity index (χ1) is 8.02. The van der Waals surface area contributed by atoms with Crippen molar-refractivity contribution < 1.29 is 19.3 Å². The fourth-order valence-electron chi connectivity index (χ4n) is 1.72. The molecule has 8 heteroatoms.